The Kier molecular flexibility index (Phi) is 15.9. The third-order valence-corrected chi connectivity index (χ3v) is 14.1. The van der Waals surface area contributed by atoms with Gasteiger partial charge in [0.1, 0.15) is 0 Å². The molecule has 368 valence electrons. The van der Waals surface area contributed by atoms with E-state index in [1.165, 1.54) is 44.3 Å². The fraction of sp³-hybridized carbons (Fsp3) is 0.333. The number of aromatic nitrogens is 2. The minimum atomic E-state index is -5.07. The molecule has 1 N–H and O–H groups in total. The van der Waals surface area contributed by atoms with Gasteiger partial charge in [0.2, 0.25) is 5.89 Å². The van der Waals surface area contributed by atoms with Crippen molar-refractivity contribution in [3.8, 4) is 11.5 Å². The lowest BCUT2D eigenvalue weighted by Crippen LogP contribution is -2.49. The van der Waals surface area contributed by atoms with Crippen LogP contribution in [0.1, 0.15) is 38.5 Å². The zero-order valence-corrected chi connectivity index (χ0v) is 38.6. The number of hydrogen-bond donors (Lipinski definition) is 1. The topological polar surface area (TPSA) is 200 Å². The number of ketones is 1. The lowest BCUT2D eigenvalue weighted by atomic mass is 10.1. The predicted molar refractivity (Wildman–Crippen MR) is 241 cm³/mol. The highest BCUT2D eigenvalue weighted by Crippen LogP contribution is 2.31. The first-order valence-corrected chi connectivity index (χ1v) is 24.7. The number of nitrogens with one attached hydrogen (secondary N) is 1. The van der Waals surface area contributed by atoms with Crippen LogP contribution in [-0.2, 0) is 43.7 Å². The number of hydrogen-bond acceptors (Lipinski definition) is 11. The molecule has 16 nitrogen and oxygen atoms in total. The Balaban J connectivity index is 0.000000227. The zero-order valence-electron chi connectivity index (χ0n) is 37.0. The third-order valence-electron chi connectivity index (χ3n) is 10.9. The summed E-state index contributed by atoms with van der Waals surface area (Å²) >= 11 is 0. The Morgan fingerprint density at radius 1 is 0.609 bits per heavy atom. The molecule has 69 heavy (non-hydrogen) atoms. The van der Waals surface area contributed by atoms with Gasteiger partial charge in [0.05, 0.1) is 42.6 Å². The first-order valence-electron chi connectivity index (χ1n) is 21.0. The summed E-state index contributed by atoms with van der Waals surface area (Å²) in [6.45, 7) is 3.70. The van der Waals surface area contributed by atoms with Gasteiger partial charge >= 0.3 is 36.2 Å². The summed E-state index contributed by atoms with van der Waals surface area (Å²) < 4.78 is 127. The molecule has 2 aliphatic rings. The Morgan fingerprint density at radius 2 is 1.01 bits per heavy atom. The van der Waals surface area contributed by atoms with E-state index >= 15 is 0 Å². The standard InChI is InChI=1S/C23H24F3N3O5S.C22H21F3N4O4S/c1-16-2-8-19(9-3-16)29(22(32)28-10-12-35(33,34)13-11-28)15-17-4-6-18(7-5-17)20(30)14-27-21(31)23(24,25)26;1-15-2-8-18(9-3-15)29(21(30)28-10-12-34(31,32)13-11-28)14-16-4-6-17(7-5-16)19-26-27-20(33-19)22(23,24)25/h2-9H,10-15H2,1H3,(H,27,31);2-9H,10-14H2,1H3. The first-order chi connectivity index (χ1) is 32.4. The number of nitrogens with zero attached hydrogens (tertiary/aromatic N) is 6. The largest absolute Gasteiger partial charge is 0.471 e. The number of sulfone groups is 2. The molecular weight excluding hydrogens is 961 g/mol. The van der Waals surface area contributed by atoms with Crippen LogP contribution in [0.3, 0.4) is 0 Å². The number of rotatable bonds is 10. The van der Waals surface area contributed by atoms with Crippen molar-refractivity contribution in [1.82, 2.24) is 25.3 Å². The van der Waals surface area contributed by atoms with Crippen LogP contribution >= 0.6 is 0 Å². The third kappa shape index (κ3) is 14.1. The number of carbonyl (C=O) groups is 4. The number of urea groups is 2. The summed E-state index contributed by atoms with van der Waals surface area (Å²) in [5.41, 5.74) is 5.00. The van der Waals surface area contributed by atoms with Gasteiger partial charge in [-0.25, -0.2) is 26.4 Å². The molecule has 5 aromatic rings. The highest BCUT2D eigenvalue weighted by atomic mass is 32.2. The second kappa shape index (κ2) is 21.2. The number of anilines is 2. The second-order valence-electron chi connectivity index (χ2n) is 16.1. The van der Waals surface area contributed by atoms with Crippen molar-refractivity contribution < 1.29 is 66.8 Å². The number of amides is 5. The summed E-state index contributed by atoms with van der Waals surface area (Å²) in [6, 6.07) is 26.2. The van der Waals surface area contributed by atoms with E-state index in [0.29, 0.717) is 28.1 Å². The van der Waals surface area contributed by atoms with Crippen molar-refractivity contribution in [2.24, 2.45) is 0 Å². The number of carbonyl (C=O) groups excluding carboxylic acids is 4. The van der Waals surface area contributed by atoms with E-state index in [1.54, 1.807) is 53.4 Å². The lowest BCUT2D eigenvalue weighted by Gasteiger charge is -2.33. The molecule has 3 heterocycles. The molecule has 0 unspecified atom stereocenters. The van der Waals surface area contributed by atoms with Crippen LogP contribution in [0.2, 0.25) is 0 Å². The fourth-order valence-electron chi connectivity index (χ4n) is 6.87. The Morgan fingerprint density at radius 3 is 1.39 bits per heavy atom. The van der Waals surface area contributed by atoms with Crippen molar-refractivity contribution in [3.05, 3.63) is 131 Å². The highest BCUT2D eigenvalue weighted by Gasteiger charge is 2.39. The molecule has 7 rings (SSSR count). The second-order valence-corrected chi connectivity index (χ2v) is 20.7. The van der Waals surface area contributed by atoms with Crippen LogP contribution in [-0.4, -0.2) is 122 Å². The maximum absolute atomic E-state index is 13.3. The molecule has 2 aliphatic heterocycles. The van der Waals surface area contributed by atoms with Gasteiger partial charge < -0.3 is 19.5 Å². The maximum Gasteiger partial charge on any atom is 0.471 e. The fourth-order valence-corrected chi connectivity index (χ4v) is 9.27. The van der Waals surface area contributed by atoms with Gasteiger partial charge in [-0.05, 0) is 61.4 Å². The van der Waals surface area contributed by atoms with Crippen LogP contribution in [0, 0.1) is 13.8 Å². The van der Waals surface area contributed by atoms with Gasteiger partial charge in [-0.2, -0.15) is 26.3 Å². The zero-order chi connectivity index (χ0) is 50.3. The minimum absolute atomic E-state index is 0.0839. The molecule has 2 saturated heterocycles. The number of alkyl halides is 6. The number of Topliss-reactive ketones (excluding diaryl/α,β-unsaturated/α-hetero) is 1. The van der Waals surface area contributed by atoms with E-state index in [-0.39, 0.29) is 85.8 Å². The van der Waals surface area contributed by atoms with E-state index in [4.69, 9.17) is 4.42 Å². The SMILES string of the molecule is Cc1ccc(N(Cc2ccc(-c3nnc(C(F)(F)F)o3)cc2)C(=O)N2CCS(=O)(=O)CC2)cc1.Cc1ccc(N(Cc2ccc(C(=O)CNC(=O)C(F)(F)F)cc2)C(=O)N2CCS(=O)(=O)CC2)cc1. The summed E-state index contributed by atoms with van der Waals surface area (Å²) in [6.07, 6.45) is -9.80. The van der Waals surface area contributed by atoms with E-state index in [0.717, 1.165) is 11.1 Å². The molecule has 2 fully saturated rings. The molecule has 1 aromatic heterocycles. The van der Waals surface area contributed by atoms with Gasteiger partial charge in [0.25, 0.3) is 0 Å². The predicted octanol–water partition coefficient (Wildman–Crippen LogP) is 6.63. The van der Waals surface area contributed by atoms with Crippen LogP contribution in [0.4, 0.5) is 47.3 Å². The van der Waals surface area contributed by atoms with Crippen molar-refractivity contribution >= 4 is 54.8 Å². The average Bonchev–Trinajstić information content (AvgIpc) is 3.82. The molecule has 24 heteroatoms. The molecule has 4 aromatic carbocycles. The average molecular weight is 1010 g/mol. The van der Waals surface area contributed by atoms with Gasteiger partial charge in [0, 0.05) is 48.7 Å². The van der Waals surface area contributed by atoms with Crippen molar-refractivity contribution in [2.45, 2.75) is 39.3 Å². The molecule has 0 atom stereocenters. The lowest BCUT2D eigenvalue weighted by molar-refractivity contribution is -0.173. The smallest absolute Gasteiger partial charge is 0.413 e. The quantitative estimate of drug-likeness (QED) is 0.116. The van der Waals surface area contributed by atoms with Gasteiger partial charge in [-0.3, -0.25) is 19.4 Å². The van der Waals surface area contributed by atoms with Crippen LogP contribution < -0.4 is 15.1 Å². The normalized spacial score (nSPS) is 15.6. The summed E-state index contributed by atoms with van der Waals surface area (Å²) in [7, 11) is -6.31. The first kappa shape index (κ1) is 51.6. The Hall–Kier alpha value is -6.82. The minimum Gasteiger partial charge on any atom is -0.413 e. The Labute approximate surface area is 392 Å². The van der Waals surface area contributed by atoms with Crippen LogP contribution in [0.25, 0.3) is 11.5 Å². The Bertz CT molecular complexity index is 2830. The summed E-state index contributed by atoms with van der Waals surface area (Å²) in [5, 5.41) is 8.00. The van der Waals surface area contributed by atoms with Gasteiger partial charge in [-0.1, -0.05) is 71.8 Å². The van der Waals surface area contributed by atoms with Gasteiger partial charge in [-0.15, -0.1) is 10.2 Å². The highest BCUT2D eigenvalue weighted by molar-refractivity contribution is 7.91. The van der Waals surface area contributed by atoms with Crippen LogP contribution in [0.5, 0.6) is 0 Å². The number of halogens is 6. The summed E-state index contributed by atoms with van der Waals surface area (Å²) in [4.78, 5) is 55.6. The van der Waals surface area contributed by atoms with Crippen molar-refractivity contribution in [3.63, 3.8) is 0 Å². The number of aryl methyl sites for hydroxylation is 2. The van der Waals surface area contributed by atoms with Crippen LogP contribution in [0.15, 0.2) is 101 Å². The molecule has 0 aliphatic carbocycles. The van der Waals surface area contributed by atoms with Crippen molar-refractivity contribution in [1.29, 1.82) is 0 Å². The summed E-state index contributed by atoms with van der Waals surface area (Å²) in [5.74, 6) is -4.97. The van der Waals surface area contributed by atoms with E-state index in [1.807, 2.05) is 38.1 Å². The molecule has 0 radical (unpaired) electrons. The molecular formula is C45H45F6N7O9S2. The molecule has 5 amide bonds. The van der Waals surface area contributed by atoms with Gasteiger partial charge in [0.15, 0.2) is 25.5 Å². The number of benzene rings is 4. The molecule has 0 spiro atoms. The molecule has 0 bridgehead atoms. The van der Waals surface area contributed by atoms with E-state index in [2.05, 4.69) is 10.2 Å². The van der Waals surface area contributed by atoms with Crippen molar-refractivity contribution in [2.75, 3.05) is 65.5 Å². The van der Waals surface area contributed by atoms with E-state index < -0.39 is 56.2 Å². The van der Waals surface area contributed by atoms with E-state index in [9.17, 15) is 62.4 Å². The maximum atomic E-state index is 13.3. The monoisotopic (exact) mass is 1010 g/mol. The molecule has 0 saturated carbocycles.